The maximum atomic E-state index is 11.9. The zero-order valence-corrected chi connectivity index (χ0v) is 11.9. The van der Waals surface area contributed by atoms with Gasteiger partial charge in [0.1, 0.15) is 6.61 Å². The van der Waals surface area contributed by atoms with Gasteiger partial charge in [-0.05, 0) is 17.7 Å². The van der Waals surface area contributed by atoms with Crippen molar-refractivity contribution in [2.24, 2.45) is 5.73 Å². The molecule has 0 aliphatic heterocycles. The minimum Gasteiger partial charge on any atom is -0.459 e. The highest BCUT2D eigenvalue weighted by molar-refractivity contribution is 5.89. The molecule has 22 heavy (non-hydrogen) atoms. The predicted molar refractivity (Wildman–Crippen MR) is 80.9 cm³/mol. The number of nitrogens with zero attached hydrogens (tertiary/aromatic N) is 1. The number of hydrogen-bond acceptors (Lipinski definition) is 5. The number of nitrogens with two attached hydrogens (primary N) is 1. The van der Waals surface area contributed by atoms with E-state index in [1.54, 1.807) is 18.3 Å². The van der Waals surface area contributed by atoms with Crippen LogP contribution in [0, 0.1) is 0 Å². The van der Waals surface area contributed by atoms with Crippen molar-refractivity contribution in [3.63, 3.8) is 0 Å². The molecule has 0 fully saturated rings. The molecule has 0 bridgehead atoms. The molecule has 1 aromatic carbocycles. The molecule has 2 aromatic rings. The van der Waals surface area contributed by atoms with Gasteiger partial charge in [0.15, 0.2) is 0 Å². The summed E-state index contributed by atoms with van der Waals surface area (Å²) in [4.78, 5) is 27.3. The summed E-state index contributed by atoms with van der Waals surface area (Å²) in [6.07, 6.45) is 3.00. The van der Waals surface area contributed by atoms with E-state index in [0.717, 1.165) is 5.56 Å². The fraction of sp³-hybridized carbons (Fsp3) is 0.188. The van der Waals surface area contributed by atoms with Crippen LogP contribution < -0.4 is 11.1 Å². The first-order chi connectivity index (χ1) is 10.7. The minimum atomic E-state index is -0.490. The van der Waals surface area contributed by atoms with E-state index in [0.29, 0.717) is 5.56 Å². The van der Waals surface area contributed by atoms with Crippen LogP contribution in [0.3, 0.4) is 0 Å². The second kappa shape index (κ2) is 7.90. The normalized spacial score (nSPS) is 11.5. The summed E-state index contributed by atoms with van der Waals surface area (Å²) in [6.45, 7) is -0.108. The third kappa shape index (κ3) is 4.39. The highest BCUT2D eigenvalue weighted by Crippen LogP contribution is 2.13. The molecule has 1 heterocycles. The number of nitrogens with one attached hydrogen (secondary N) is 1. The molecule has 0 spiro atoms. The van der Waals surface area contributed by atoms with Crippen molar-refractivity contribution < 1.29 is 14.3 Å². The highest BCUT2D eigenvalue weighted by atomic mass is 16.5. The number of esters is 1. The van der Waals surface area contributed by atoms with Crippen molar-refractivity contribution in [2.75, 3.05) is 13.2 Å². The Morgan fingerprint density at radius 1 is 1.18 bits per heavy atom. The lowest BCUT2D eigenvalue weighted by Gasteiger charge is -2.19. The number of ether oxygens (including phenoxy) is 1. The molecule has 1 atom stereocenters. The zero-order chi connectivity index (χ0) is 15.8. The minimum absolute atomic E-state index is 0.0173. The number of carbonyl (C=O) groups is 2. The predicted octanol–water partition coefficient (Wildman–Crippen LogP) is 1.05. The number of pyridine rings is 1. The molecule has 0 saturated heterocycles. The maximum absolute atomic E-state index is 11.9. The summed E-state index contributed by atoms with van der Waals surface area (Å²) in [5.74, 6) is -0.803. The van der Waals surface area contributed by atoms with E-state index < -0.39 is 12.0 Å². The summed E-state index contributed by atoms with van der Waals surface area (Å²) >= 11 is 0. The molecule has 0 aliphatic rings. The van der Waals surface area contributed by atoms with Gasteiger partial charge in [0.2, 0.25) is 5.91 Å². The van der Waals surface area contributed by atoms with Crippen molar-refractivity contribution >= 4 is 11.9 Å². The first kappa shape index (κ1) is 15.7. The van der Waals surface area contributed by atoms with Crippen LogP contribution in [0.5, 0.6) is 0 Å². The average molecular weight is 299 g/mol. The zero-order valence-electron chi connectivity index (χ0n) is 11.9. The fourth-order valence-corrected chi connectivity index (χ4v) is 1.89. The molecule has 0 saturated carbocycles. The van der Waals surface area contributed by atoms with Crippen molar-refractivity contribution in [1.29, 1.82) is 0 Å². The van der Waals surface area contributed by atoms with Gasteiger partial charge in [0.25, 0.3) is 0 Å². The average Bonchev–Trinajstić information content (AvgIpc) is 2.59. The monoisotopic (exact) mass is 299 g/mol. The van der Waals surface area contributed by atoms with Crippen molar-refractivity contribution in [3.05, 3.63) is 66.0 Å². The van der Waals surface area contributed by atoms with E-state index in [-0.39, 0.29) is 19.1 Å². The molecule has 0 unspecified atom stereocenters. The van der Waals surface area contributed by atoms with Gasteiger partial charge in [0, 0.05) is 12.4 Å². The van der Waals surface area contributed by atoms with Crippen LogP contribution in [0.4, 0.5) is 0 Å². The summed E-state index contributed by atoms with van der Waals surface area (Å²) in [5.41, 5.74) is 6.51. The third-order valence-corrected chi connectivity index (χ3v) is 3.00. The van der Waals surface area contributed by atoms with E-state index in [1.165, 1.54) is 6.20 Å². The summed E-state index contributed by atoms with van der Waals surface area (Å²) < 4.78 is 5.26. The number of benzene rings is 1. The summed E-state index contributed by atoms with van der Waals surface area (Å²) in [5, 5.41) is 2.73. The van der Waals surface area contributed by atoms with E-state index in [9.17, 15) is 9.59 Å². The second-order valence-corrected chi connectivity index (χ2v) is 4.58. The molecule has 0 aliphatic carbocycles. The van der Waals surface area contributed by atoms with E-state index in [1.807, 2.05) is 30.3 Å². The van der Waals surface area contributed by atoms with Gasteiger partial charge in [-0.1, -0.05) is 30.3 Å². The Labute approximate surface area is 128 Å². The Balaban J connectivity index is 2.04. The molecule has 1 amide bonds. The smallest absolute Gasteiger partial charge is 0.339 e. The molecular formula is C16H17N3O3. The number of hydrogen-bond donors (Lipinski definition) is 2. The van der Waals surface area contributed by atoms with Crippen molar-refractivity contribution in [2.45, 2.75) is 6.04 Å². The first-order valence-corrected chi connectivity index (χ1v) is 6.82. The van der Waals surface area contributed by atoms with E-state index >= 15 is 0 Å². The number of rotatable bonds is 6. The summed E-state index contributed by atoms with van der Waals surface area (Å²) in [7, 11) is 0. The first-order valence-electron chi connectivity index (χ1n) is 6.82. The quantitative estimate of drug-likeness (QED) is 0.778. The van der Waals surface area contributed by atoms with Crippen molar-refractivity contribution in [3.8, 4) is 0 Å². The molecule has 0 radical (unpaired) electrons. The molecule has 6 nitrogen and oxygen atoms in total. The Kier molecular flexibility index (Phi) is 5.62. The Hall–Kier alpha value is -2.73. The van der Waals surface area contributed by atoms with Crippen LogP contribution in [0.2, 0.25) is 0 Å². The van der Waals surface area contributed by atoms with E-state index in [4.69, 9.17) is 10.5 Å². The molecular weight excluding hydrogens is 282 g/mol. The van der Waals surface area contributed by atoms with Gasteiger partial charge in [0.05, 0.1) is 18.2 Å². The Morgan fingerprint density at radius 3 is 2.59 bits per heavy atom. The van der Waals surface area contributed by atoms with Gasteiger partial charge >= 0.3 is 5.97 Å². The SMILES string of the molecule is NCC(=O)N[C@H](COC(=O)c1cccnc1)c1ccccc1. The molecule has 2 rings (SSSR count). The maximum Gasteiger partial charge on any atom is 0.339 e. The molecule has 6 heteroatoms. The number of aromatic nitrogens is 1. The molecule has 1 aromatic heterocycles. The topological polar surface area (TPSA) is 94.3 Å². The van der Waals surface area contributed by atoms with Gasteiger partial charge < -0.3 is 15.8 Å². The Bertz CT molecular complexity index is 617. The van der Waals surface area contributed by atoms with Gasteiger partial charge in [-0.3, -0.25) is 9.78 Å². The third-order valence-electron chi connectivity index (χ3n) is 3.00. The fourth-order valence-electron chi connectivity index (χ4n) is 1.89. The molecule has 3 N–H and O–H groups in total. The lowest BCUT2D eigenvalue weighted by Crippen LogP contribution is -2.36. The Morgan fingerprint density at radius 2 is 1.95 bits per heavy atom. The van der Waals surface area contributed by atoms with Crippen LogP contribution in [0.15, 0.2) is 54.9 Å². The van der Waals surface area contributed by atoms with Crippen LogP contribution in [-0.4, -0.2) is 30.0 Å². The van der Waals surface area contributed by atoms with Crippen LogP contribution in [0.1, 0.15) is 22.0 Å². The van der Waals surface area contributed by atoms with Crippen LogP contribution in [0.25, 0.3) is 0 Å². The van der Waals surface area contributed by atoms with Gasteiger partial charge in [-0.2, -0.15) is 0 Å². The van der Waals surface area contributed by atoms with Gasteiger partial charge in [-0.25, -0.2) is 4.79 Å². The standard InChI is InChI=1S/C16H17N3O3/c17-9-15(20)19-14(12-5-2-1-3-6-12)11-22-16(21)13-7-4-8-18-10-13/h1-8,10,14H,9,11,17H2,(H,19,20)/t14-/m1/s1. The number of amides is 1. The lowest BCUT2D eigenvalue weighted by atomic mass is 10.1. The van der Waals surface area contributed by atoms with Crippen LogP contribution in [-0.2, 0) is 9.53 Å². The largest absolute Gasteiger partial charge is 0.459 e. The van der Waals surface area contributed by atoms with Gasteiger partial charge in [-0.15, -0.1) is 0 Å². The lowest BCUT2D eigenvalue weighted by molar-refractivity contribution is -0.120. The van der Waals surface area contributed by atoms with E-state index in [2.05, 4.69) is 10.3 Å². The second-order valence-electron chi connectivity index (χ2n) is 4.58. The highest BCUT2D eigenvalue weighted by Gasteiger charge is 2.17. The summed E-state index contributed by atoms with van der Waals surface area (Å²) in [6, 6.07) is 12.1. The van der Waals surface area contributed by atoms with Crippen molar-refractivity contribution in [1.82, 2.24) is 10.3 Å². The number of carbonyl (C=O) groups excluding carboxylic acids is 2. The van der Waals surface area contributed by atoms with Crippen LogP contribution >= 0.6 is 0 Å². The molecule has 114 valence electrons.